The number of Topliss-reactive ketones (excluding diaryl/α,β-unsaturated/α-hetero) is 1. The van der Waals surface area contributed by atoms with Gasteiger partial charge in [-0.1, -0.05) is 0 Å². The van der Waals surface area contributed by atoms with Crippen LogP contribution < -0.4 is 4.74 Å². The topological polar surface area (TPSA) is 83.8 Å². The molecule has 5 nitrogen and oxygen atoms in total. The van der Waals surface area contributed by atoms with Crippen LogP contribution in [0.3, 0.4) is 0 Å². The van der Waals surface area contributed by atoms with Crippen molar-refractivity contribution in [2.75, 3.05) is 7.11 Å². The minimum absolute atomic E-state index is 0.0215. The van der Waals surface area contributed by atoms with Gasteiger partial charge in [0.25, 0.3) is 0 Å². The molecule has 0 radical (unpaired) electrons. The first-order valence-electron chi connectivity index (χ1n) is 5.15. The highest BCUT2D eigenvalue weighted by molar-refractivity contribution is 6.33. The first-order valence-corrected chi connectivity index (χ1v) is 5.59. The molecule has 0 amide bonds. The molecule has 98 valence electrons. The highest BCUT2D eigenvalue weighted by Crippen LogP contribution is 2.27. The average molecular weight is 273 g/mol. The number of alkyl halides is 1. The molecule has 0 heterocycles. The van der Waals surface area contributed by atoms with Crippen LogP contribution in [0.25, 0.3) is 0 Å². The summed E-state index contributed by atoms with van der Waals surface area (Å²) in [5.74, 6) is -1.57. The van der Waals surface area contributed by atoms with Gasteiger partial charge in [0.05, 0.1) is 12.5 Å². The zero-order chi connectivity index (χ0) is 13.9. The standard InChI is InChI=1S/C12H13ClO5/c1-6(13)10(14)7-3-4-9(18-2)8(5-7)11(15)12(16)17/h3-6,11,15H,1-2H3,(H,16,17). The van der Waals surface area contributed by atoms with Crippen LogP contribution in [0.4, 0.5) is 0 Å². The number of carboxylic acid groups (broad SMARTS) is 1. The Morgan fingerprint density at radius 1 is 1.39 bits per heavy atom. The van der Waals surface area contributed by atoms with Crippen LogP contribution in [0.2, 0.25) is 0 Å². The van der Waals surface area contributed by atoms with Crippen LogP contribution in [0.15, 0.2) is 18.2 Å². The Labute approximate surface area is 109 Å². The number of carboxylic acids is 1. The predicted molar refractivity (Wildman–Crippen MR) is 65.2 cm³/mol. The minimum Gasteiger partial charge on any atom is -0.496 e. The first kappa shape index (κ1) is 14.5. The molecule has 0 saturated carbocycles. The highest BCUT2D eigenvalue weighted by atomic mass is 35.5. The Morgan fingerprint density at radius 2 is 2.00 bits per heavy atom. The molecule has 1 aromatic rings. The number of benzene rings is 1. The van der Waals surface area contributed by atoms with Gasteiger partial charge in [0.2, 0.25) is 0 Å². The molecule has 0 aliphatic rings. The van der Waals surface area contributed by atoms with E-state index in [1.807, 2.05) is 0 Å². The second kappa shape index (κ2) is 5.84. The summed E-state index contributed by atoms with van der Waals surface area (Å²) in [6.45, 7) is 1.52. The number of aliphatic hydroxyl groups excluding tert-OH is 1. The van der Waals surface area contributed by atoms with Crippen molar-refractivity contribution in [2.45, 2.75) is 18.4 Å². The molecule has 0 fully saturated rings. The highest BCUT2D eigenvalue weighted by Gasteiger charge is 2.23. The Balaban J connectivity index is 3.25. The third kappa shape index (κ3) is 3.00. The summed E-state index contributed by atoms with van der Waals surface area (Å²) < 4.78 is 4.94. The van der Waals surface area contributed by atoms with Gasteiger partial charge < -0.3 is 14.9 Å². The molecule has 0 bridgehead atoms. The smallest absolute Gasteiger partial charge is 0.337 e. The van der Waals surface area contributed by atoms with E-state index in [4.69, 9.17) is 21.4 Å². The molecular weight excluding hydrogens is 260 g/mol. The van der Waals surface area contributed by atoms with Gasteiger partial charge >= 0.3 is 5.97 Å². The van der Waals surface area contributed by atoms with Crippen molar-refractivity contribution < 1.29 is 24.5 Å². The maximum atomic E-state index is 11.7. The van der Waals surface area contributed by atoms with Crippen molar-refractivity contribution >= 4 is 23.4 Å². The van der Waals surface area contributed by atoms with E-state index >= 15 is 0 Å². The predicted octanol–water partition coefficient (Wildman–Crippen LogP) is 1.62. The zero-order valence-electron chi connectivity index (χ0n) is 9.88. The molecule has 18 heavy (non-hydrogen) atoms. The quantitative estimate of drug-likeness (QED) is 0.629. The number of halogens is 1. The lowest BCUT2D eigenvalue weighted by Gasteiger charge is -2.13. The van der Waals surface area contributed by atoms with E-state index in [1.165, 1.54) is 32.2 Å². The summed E-state index contributed by atoms with van der Waals surface area (Å²) in [7, 11) is 1.35. The normalized spacial score (nSPS) is 13.8. The number of methoxy groups -OCH3 is 1. The molecule has 0 aliphatic heterocycles. The van der Waals surface area contributed by atoms with Gasteiger partial charge in [-0.15, -0.1) is 11.6 Å². The summed E-state index contributed by atoms with van der Waals surface area (Å²) in [5, 5.41) is 17.6. The Kier molecular flexibility index (Phi) is 4.69. The summed E-state index contributed by atoms with van der Waals surface area (Å²) in [6.07, 6.45) is -1.75. The van der Waals surface area contributed by atoms with E-state index in [-0.39, 0.29) is 22.7 Å². The lowest BCUT2D eigenvalue weighted by molar-refractivity contribution is -0.147. The number of ketones is 1. The largest absolute Gasteiger partial charge is 0.496 e. The molecule has 6 heteroatoms. The molecule has 0 aromatic heterocycles. The lowest BCUT2D eigenvalue weighted by Crippen LogP contribution is -2.15. The lowest BCUT2D eigenvalue weighted by atomic mass is 10.0. The van der Waals surface area contributed by atoms with Gasteiger partial charge in [-0.2, -0.15) is 0 Å². The van der Waals surface area contributed by atoms with Crippen LogP contribution in [-0.4, -0.2) is 34.5 Å². The molecule has 1 rings (SSSR count). The van der Waals surface area contributed by atoms with E-state index in [9.17, 15) is 14.7 Å². The number of carbonyl (C=O) groups excluding carboxylic acids is 1. The van der Waals surface area contributed by atoms with E-state index in [0.717, 1.165) is 0 Å². The summed E-state index contributed by atoms with van der Waals surface area (Å²) in [5.41, 5.74) is 0.252. The molecule has 0 saturated heterocycles. The Hall–Kier alpha value is -1.59. The van der Waals surface area contributed by atoms with Crippen LogP contribution in [0, 0.1) is 0 Å². The van der Waals surface area contributed by atoms with Crippen molar-refractivity contribution in [3.8, 4) is 5.75 Å². The molecule has 1 aromatic carbocycles. The van der Waals surface area contributed by atoms with E-state index in [0.29, 0.717) is 0 Å². The van der Waals surface area contributed by atoms with Gasteiger partial charge in [-0.05, 0) is 25.1 Å². The first-order chi connectivity index (χ1) is 8.38. The van der Waals surface area contributed by atoms with Crippen LogP contribution in [0.5, 0.6) is 5.75 Å². The van der Waals surface area contributed by atoms with Crippen molar-refractivity contribution in [3.05, 3.63) is 29.3 Å². The second-order valence-electron chi connectivity index (χ2n) is 3.68. The van der Waals surface area contributed by atoms with Crippen LogP contribution in [0.1, 0.15) is 28.9 Å². The second-order valence-corrected chi connectivity index (χ2v) is 4.33. The van der Waals surface area contributed by atoms with Crippen molar-refractivity contribution in [3.63, 3.8) is 0 Å². The molecule has 2 unspecified atom stereocenters. The number of hydrogen-bond acceptors (Lipinski definition) is 4. The Morgan fingerprint density at radius 3 is 2.44 bits per heavy atom. The van der Waals surface area contributed by atoms with Gasteiger partial charge in [0.1, 0.15) is 5.75 Å². The number of aliphatic hydroxyl groups is 1. The van der Waals surface area contributed by atoms with Crippen molar-refractivity contribution in [1.82, 2.24) is 0 Å². The maximum Gasteiger partial charge on any atom is 0.337 e. The monoisotopic (exact) mass is 272 g/mol. The molecule has 2 atom stereocenters. The van der Waals surface area contributed by atoms with Gasteiger partial charge in [-0.25, -0.2) is 4.79 Å². The van der Waals surface area contributed by atoms with Crippen molar-refractivity contribution in [1.29, 1.82) is 0 Å². The third-order valence-electron chi connectivity index (χ3n) is 2.40. The van der Waals surface area contributed by atoms with Crippen LogP contribution >= 0.6 is 11.6 Å². The number of carbonyl (C=O) groups is 2. The number of hydrogen-bond donors (Lipinski definition) is 2. The molecule has 2 N–H and O–H groups in total. The van der Waals surface area contributed by atoms with Gasteiger partial charge in [0, 0.05) is 11.1 Å². The van der Waals surface area contributed by atoms with Gasteiger partial charge in [-0.3, -0.25) is 4.79 Å². The van der Waals surface area contributed by atoms with Crippen LogP contribution in [-0.2, 0) is 4.79 Å². The molecule has 0 aliphatic carbocycles. The number of ether oxygens (including phenoxy) is 1. The van der Waals surface area contributed by atoms with E-state index < -0.39 is 17.5 Å². The number of rotatable bonds is 5. The van der Waals surface area contributed by atoms with E-state index in [1.54, 1.807) is 0 Å². The fraction of sp³-hybridized carbons (Fsp3) is 0.333. The molecular formula is C12H13ClO5. The number of aliphatic carboxylic acids is 1. The fourth-order valence-corrected chi connectivity index (χ4v) is 1.59. The van der Waals surface area contributed by atoms with Gasteiger partial charge in [0.15, 0.2) is 11.9 Å². The zero-order valence-corrected chi connectivity index (χ0v) is 10.6. The minimum atomic E-state index is -1.75. The fourth-order valence-electron chi connectivity index (χ4n) is 1.46. The average Bonchev–Trinajstić information content (AvgIpc) is 2.35. The van der Waals surface area contributed by atoms with Crippen molar-refractivity contribution in [2.24, 2.45) is 0 Å². The summed E-state index contributed by atoms with van der Waals surface area (Å²) in [4.78, 5) is 22.5. The maximum absolute atomic E-state index is 11.7. The SMILES string of the molecule is COc1ccc(C(=O)C(C)Cl)cc1C(O)C(=O)O. The molecule has 0 spiro atoms. The summed E-state index contributed by atoms with van der Waals surface area (Å²) in [6, 6.07) is 4.17. The Bertz CT molecular complexity index is 470. The van der Waals surface area contributed by atoms with E-state index in [2.05, 4.69) is 0 Å². The third-order valence-corrected chi connectivity index (χ3v) is 2.60. The summed E-state index contributed by atoms with van der Waals surface area (Å²) >= 11 is 5.67.